The maximum Gasteiger partial charge on any atom is 0.227 e. The number of carbonyl (C=O) groups excluding carboxylic acids is 1. The first kappa shape index (κ1) is 14.2. The van der Waals surface area contributed by atoms with Crippen LogP contribution >= 0.6 is 15.9 Å². The first-order valence-electron chi connectivity index (χ1n) is 5.98. The summed E-state index contributed by atoms with van der Waals surface area (Å²) in [6.07, 6.45) is 0.456. The van der Waals surface area contributed by atoms with Crippen LogP contribution in [0.3, 0.4) is 0 Å². The monoisotopic (exact) mass is 297 g/mol. The number of hydrogen-bond donors (Lipinski definition) is 0. The molecule has 0 heterocycles. The molecule has 1 aromatic carbocycles. The van der Waals surface area contributed by atoms with Crippen molar-refractivity contribution >= 4 is 21.8 Å². The molecular weight excluding hydrogens is 278 g/mol. The number of rotatable bonds is 4. The Kier molecular flexibility index (Phi) is 5.19. The summed E-state index contributed by atoms with van der Waals surface area (Å²) in [5, 5.41) is 0. The molecule has 0 aliphatic heterocycles. The molecule has 0 spiro atoms. The van der Waals surface area contributed by atoms with Gasteiger partial charge in [-0.15, -0.1) is 0 Å². The van der Waals surface area contributed by atoms with Crippen LogP contribution in [0.2, 0.25) is 0 Å². The van der Waals surface area contributed by atoms with Gasteiger partial charge in [-0.05, 0) is 39.3 Å². The minimum absolute atomic E-state index is 0.182. The van der Waals surface area contributed by atoms with E-state index in [0.29, 0.717) is 6.42 Å². The van der Waals surface area contributed by atoms with Crippen molar-refractivity contribution in [3.05, 3.63) is 34.3 Å². The summed E-state index contributed by atoms with van der Waals surface area (Å²) < 4.78 is 1.00. The molecule has 1 rings (SSSR count). The molecule has 0 aliphatic carbocycles. The van der Waals surface area contributed by atoms with E-state index in [4.69, 9.17) is 0 Å². The Hall–Kier alpha value is -0.830. The summed E-state index contributed by atoms with van der Waals surface area (Å²) in [5.41, 5.74) is 1.05. The number of nitrogens with zero attached hydrogens (tertiary/aromatic N) is 1. The van der Waals surface area contributed by atoms with E-state index >= 15 is 0 Å². The summed E-state index contributed by atoms with van der Waals surface area (Å²) in [7, 11) is 0. The summed E-state index contributed by atoms with van der Waals surface area (Å²) in [6, 6.07) is 8.36. The molecule has 0 unspecified atom stereocenters. The molecule has 94 valence electrons. The number of amides is 1. The third-order valence-corrected chi connectivity index (χ3v) is 3.47. The van der Waals surface area contributed by atoms with E-state index in [2.05, 4.69) is 43.6 Å². The SMILES string of the molecule is CC(C)N(C(=O)Cc1ccccc1Br)C(C)C. The third-order valence-electron chi connectivity index (χ3n) is 2.70. The fourth-order valence-electron chi connectivity index (χ4n) is 2.07. The standard InChI is InChI=1S/C14H20BrNO/c1-10(2)16(11(3)4)14(17)9-12-7-5-6-8-13(12)15/h5-8,10-11H,9H2,1-4H3. The molecule has 1 amide bonds. The predicted octanol–water partition coefficient (Wildman–Crippen LogP) is 3.64. The van der Waals surface area contributed by atoms with Gasteiger partial charge in [0.1, 0.15) is 0 Å². The maximum absolute atomic E-state index is 12.3. The van der Waals surface area contributed by atoms with Gasteiger partial charge in [-0.2, -0.15) is 0 Å². The van der Waals surface area contributed by atoms with Crippen molar-refractivity contribution in [2.75, 3.05) is 0 Å². The van der Waals surface area contributed by atoms with Gasteiger partial charge in [0.05, 0.1) is 6.42 Å². The quantitative estimate of drug-likeness (QED) is 0.831. The average Bonchev–Trinajstić information content (AvgIpc) is 2.20. The van der Waals surface area contributed by atoms with Crippen molar-refractivity contribution in [2.24, 2.45) is 0 Å². The van der Waals surface area contributed by atoms with E-state index in [9.17, 15) is 4.79 Å². The first-order chi connectivity index (χ1) is 7.93. The number of carbonyl (C=O) groups is 1. The molecular formula is C14H20BrNO. The molecule has 0 saturated heterocycles. The second kappa shape index (κ2) is 6.20. The fraction of sp³-hybridized carbons (Fsp3) is 0.500. The molecule has 17 heavy (non-hydrogen) atoms. The van der Waals surface area contributed by atoms with Gasteiger partial charge < -0.3 is 4.90 Å². The van der Waals surface area contributed by atoms with E-state index in [1.807, 2.05) is 29.2 Å². The maximum atomic E-state index is 12.3. The minimum atomic E-state index is 0.182. The summed E-state index contributed by atoms with van der Waals surface area (Å²) in [4.78, 5) is 14.2. The topological polar surface area (TPSA) is 20.3 Å². The summed E-state index contributed by atoms with van der Waals surface area (Å²) in [5.74, 6) is 0.182. The number of halogens is 1. The van der Waals surface area contributed by atoms with Crippen LogP contribution in [0.5, 0.6) is 0 Å². The van der Waals surface area contributed by atoms with Gasteiger partial charge in [-0.3, -0.25) is 4.79 Å². The van der Waals surface area contributed by atoms with Crippen LogP contribution in [0.1, 0.15) is 33.3 Å². The van der Waals surface area contributed by atoms with Crippen molar-refractivity contribution in [3.8, 4) is 0 Å². The number of hydrogen-bond acceptors (Lipinski definition) is 1. The van der Waals surface area contributed by atoms with Gasteiger partial charge in [0, 0.05) is 16.6 Å². The van der Waals surface area contributed by atoms with Crippen molar-refractivity contribution in [3.63, 3.8) is 0 Å². The zero-order valence-corrected chi connectivity index (χ0v) is 12.5. The Morgan fingerprint density at radius 1 is 1.18 bits per heavy atom. The lowest BCUT2D eigenvalue weighted by atomic mass is 10.1. The van der Waals surface area contributed by atoms with Crippen LogP contribution < -0.4 is 0 Å². The van der Waals surface area contributed by atoms with Gasteiger partial charge >= 0.3 is 0 Å². The molecule has 3 heteroatoms. The number of benzene rings is 1. The lowest BCUT2D eigenvalue weighted by Gasteiger charge is -2.31. The molecule has 2 nitrogen and oxygen atoms in total. The molecule has 0 N–H and O–H groups in total. The van der Waals surface area contributed by atoms with Gasteiger partial charge in [0.15, 0.2) is 0 Å². The molecule has 0 radical (unpaired) electrons. The van der Waals surface area contributed by atoms with Gasteiger partial charge in [-0.25, -0.2) is 0 Å². The Morgan fingerprint density at radius 3 is 2.18 bits per heavy atom. The normalized spacial score (nSPS) is 11.0. The van der Waals surface area contributed by atoms with Crippen molar-refractivity contribution < 1.29 is 4.79 Å². The second-order valence-corrected chi connectivity index (χ2v) is 5.61. The van der Waals surface area contributed by atoms with E-state index in [0.717, 1.165) is 10.0 Å². The molecule has 0 aromatic heterocycles. The van der Waals surface area contributed by atoms with E-state index in [1.165, 1.54) is 0 Å². The molecule has 0 fully saturated rings. The zero-order chi connectivity index (χ0) is 13.0. The Bertz CT molecular complexity index is 380. The Labute approximate surface area is 112 Å². The Balaban J connectivity index is 2.81. The average molecular weight is 298 g/mol. The van der Waals surface area contributed by atoms with Crippen LogP contribution in [0, 0.1) is 0 Å². The highest BCUT2D eigenvalue weighted by atomic mass is 79.9. The van der Waals surface area contributed by atoms with Gasteiger partial charge in [-0.1, -0.05) is 34.1 Å². The van der Waals surface area contributed by atoms with Gasteiger partial charge in [0.2, 0.25) is 5.91 Å². The smallest absolute Gasteiger partial charge is 0.227 e. The van der Waals surface area contributed by atoms with Crippen LogP contribution in [0.25, 0.3) is 0 Å². The zero-order valence-electron chi connectivity index (χ0n) is 10.9. The molecule has 1 aromatic rings. The fourth-order valence-corrected chi connectivity index (χ4v) is 2.49. The lowest BCUT2D eigenvalue weighted by Crippen LogP contribution is -2.42. The van der Waals surface area contributed by atoms with Crippen LogP contribution in [-0.4, -0.2) is 22.9 Å². The highest BCUT2D eigenvalue weighted by Gasteiger charge is 2.20. The minimum Gasteiger partial charge on any atom is -0.338 e. The molecule has 0 bridgehead atoms. The summed E-state index contributed by atoms with van der Waals surface area (Å²) in [6.45, 7) is 8.21. The largest absolute Gasteiger partial charge is 0.338 e. The van der Waals surface area contributed by atoms with E-state index < -0.39 is 0 Å². The highest BCUT2D eigenvalue weighted by Crippen LogP contribution is 2.18. The predicted molar refractivity (Wildman–Crippen MR) is 75.0 cm³/mol. The highest BCUT2D eigenvalue weighted by molar-refractivity contribution is 9.10. The first-order valence-corrected chi connectivity index (χ1v) is 6.77. The van der Waals surface area contributed by atoms with Gasteiger partial charge in [0.25, 0.3) is 0 Å². The lowest BCUT2D eigenvalue weighted by molar-refractivity contribution is -0.134. The summed E-state index contributed by atoms with van der Waals surface area (Å²) >= 11 is 3.48. The Morgan fingerprint density at radius 2 is 1.71 bits per heavy atom. The van der Waals surface area contributed by atoms with E-state index in [-0.39, 0.29) is 18.0 Å². The van der Waals surface area contributed by atoms with Crippen molar-refractivity contribution in [2.45, 2.75) is 46.2 Å². The van der Waals surface area contributed by atoms with E-state index in [1.54, 1.807) is 0 Å². The second-order valence-electron chi connectivity index (χ2n) is 4.76. The molecule has 0 aliphatic rings. The van der Waals surface area contributed by atoms with Crippen LogP contribution in [0.4, 0.5) is 0 Å². The van der Waals surface area contributed by atoms with Crippen LogP contribution in [-0.2, 0) is 11.2 Å². The molecule has 0 atom stereocenters. The van der Waals surface area contributed by atoms with Crippen LogP contribution in [0.15, 0.2) is 28.7 Å². The third kappa shape index (κ3) is 3.84. The van der Waals surface area contributed by atoms with Crippen molar-refractivity contribution in [1.82, 2.24) is 4.90 Å². The van der Waals surface area contributed by atoms with Crippen molar-refractivity contribution in [1.29, 1.82) is 0 Å². The molecule has 0 saturated carbocycles.